The minimum atomic E-state index is -3.48. The number of carboxylic acids is 1. The van der Waals surface area contributed by atoms with Gasteiger partial charge in [-0.05, 0) is 24.6 Å². The van der Waals surface area contributed by atoms with E-state index in [-0.39, 0.29) is 17.0 Å². The molecule has 0 aliphatic carbocycles. The van der Waals surface area contributed by atoms with Crippen molar-refractivity contribution in [2.45, 2.75) is 13.3 Å². The maximum Gasteiger partial charge on any atom is 0.337 e. The first-order valence-electron chi connectivity index (χ1n) is 4.89. The lowest BCUT2D eigenvalue weighted by molar-refractivity contribution is 0.0698. The molecule has 0 aliphatic rings. The molecule has 1 aromatic rings. The van der Waals surface area contributed by atoms with Crippen molar-refractivity contribution in [1.82, 2.24) is 0 Å². The Morgan fingerprint density at radius 2 is 2.12 bits per heavy atom. The molecular formula is C10H12BrNO4S. The van der Waals surface area contributed by atoms with Crippen molar-refractivity contribution < 1.29 is 18.3 Å². The summed E-state index contributed by atoms with van der Waals surface area (Å²) in [6.07, 6.45) is 0.467. The minimum absolute atomic E-state index is 0.0396. The van der Waals surface area contributed by atoms with E-state index in [1.54, 1.807) is 13.0 Å². The lowest BCUT2D eigenvalue weighted by Gasteiger charge is -2.10. The second-order valence-corrected chi connectivity index (χ2v) is 6.17. The second-order valence-electron chi connectivity index (χ2n) is 3.42. The van der Waals surface area contributed by atoms with E-state index < -0.39 is 16.0 Å². The van der Waals surface area contributed by atoms with Crippen LogP contribution in [0.5, 0.6) is 0 Å². The molecule has 2 N–H and O–H groups in total. The van der Waals surface area contributed by atoms with Crippen molar-refractivity contribution in [3.8, 4) is 0 Å². The highest BCUT2D eigenvalue weighted by molar-refractivity contribution is 9.10. The van der Waals surface area contributed by atoms with Gasteiger partial charge in [-0.25, -0.2) is 13.2 Å². The maximum atomic E-state index is 11.5. The summed E-state index contributed by atoms with van der Waals surface area (Å²) in [6.45, 7) is 1.74. The van der Waals surface area contributed by atoms with Gasteiger partial charge in [-0.3, -0.25) is 4.72 Å². The fourth-order valence-electron chi connectivity index (χ4n) is 1.27. The zero-order valence-electron chi connectivity index (χ0n) is 9.10. The lowest BCUT2D eigenvalue weighted by atomic mass is 10.2. The Balaban J connectivity index is 3.11. The van der Waals surface area contributed by atoms with Crippen LogP contribution >= 0.6 is 15.9 Å². The van der Waals surface area contributed by atoms with Crippen LogP contribution in [0.25, 0.3) is 0 Å². The molecule has 0 bridgehead atoms. The van der Waals surface area contributed by atoms with E-state index in [1.807, 2.05) is 0 Å². The number of aromatic carboxylic acids is 1. The smallest absolute Gasteiger partial charge is 0.337 e. The normalized spacial score (nSPS) is 11.2. The van der Waals surface area contributed by atoms with Crippen LogP contribution in [-0.4, -0.2) is 25.2 Å². The van der Waals surface area contributed by atoms with Gasteiger partial charge in [0.25, 0.3) is 0 Å². The number of carbonyl (C=O) groups is 1. The summed E-state index contributed by atoms with van der Waals surface area (Å²) in [5.74, 6) is -1.22. The number of halogens is 1. The quantitative estimate of drug-likeness (QED) is 0.871. The minimum Gasteiger partial charge on any atom is -0.478 e. The van der Waals surface area contributed by atoms with Gasteiger partial charge in [0.15, 0.2) is 0 Å². The van der Waals surface area contributed by atoms with E-state index in [0.29, 0.717) is 10.9 Å². The number of hydrogen-bond acceptors (Lipinski definition) is 3. The molecular weight excluding hydrogens is 310 g/mol. The third-order valence-electron chi connectivity index (χ3n) is 1.95. The molecule has 0 aliphatic heterocycles. The first-order chi connectivity index (χ1) is 7.85. The average Bonchev–Trinajstić information content (AvgIpc) is 2.20. The third-order valence-corrected chi connectivity index (χ3v) is 3.92. The van der Waals surface area contributed by atoms with E-state index in [4.69, 9.17) is 5.11 Å². The highest BCUT2D eigenvalue weighted by atomic mass is 79.9. The Morgan fingerprint density at radius 1 is 1.47 bits per heavy atom. The molecule has 1 rings (SSSR count). The molecule has 0 unspecified atom stereocenters. The van der Waals surface area contributed by atoms with Crippen molar-refractivity contribution in [2.75, 3.05) is 10.5 Å². The molecule has 0 atom stereocenters. The number of benzene rings is 1. The van der Waals surface area contributed by atoms with Gasteiger partial charge in [-0.2, -0.15) is 0 Å². The number of sulfonamides is 1. The number of carboxylic acid groups (broad SMARTS) is 1. The van der Waals surface area contributed by atoms with Crippen LogP contribution < -0.4 is 4.72 Å². The molecule has 0 radical (unpaired) electrons. The number of rotatable bonds is 5. The van der Waals surface area contributed by atoms with Crippen molar-refractivity contribution in [3.63, 3.8) is 0 Å². The monoisotopic (exact) mass is 321 g/mol. The highest BCUT2D eigenvalue weighted by Gasteiger charge is 2.15. The van der Waals surface area contributed by atoms with Crippen LogP contribution in [0, 0.1) is 0 Å². The Morgan fingerprint density at radius 3 is 2.65 bits per heavy atom. The summed E-state index contributed by atoms with van der Waals surface area (Å²) >= 11 is 3.13. The van der Waals surface area contributed by atoms with Gasteiger partial charge in [-0.15, -0.1) is 0 Å². The van der Waals surface area contributed by atoms with E-state index in [0.717, 1.165) is 0 Å². The summed E-state index contributed by atoms with van der Waals surface area (Å²) in [7, 11) is -3.48. The van der Waals surface area contributed by atoms with E-state index in [2.05, 4.69) is 20.7 Å². The molecule has 0 saturated heterocycles. The van der Waals surface area contributed by atoms with Crippen LogP contribution in [0.3, 0.4) is 0 Å². The summed E-state index contributed by atoms with van der Waals surface area (Å²) in [4.78, 5) is 11.0. The maximum absolute atomic E-state index is 11.5. The molecule has 0 aromatic heterocycles. The third kappa shape index (κ3) is 4.01. The van der Waals surface area contributed by atoms with Gasteiger partial charge in [0.2, 0.25) is 10.0 Å². The van der Waals surface area contributed by atoms with Gasteiger partial charge >= 0.3 is 5.97 Å². The number of nitrogens with one attached hydrogen (secondary N) is 1. The fraction of sp³-hybridized carbons (Fsp3) is 0.300. The van der Waals surface area contributed by atoms with E-state index >= 15 is 0 Å². The van der Waals surface area contributed by atoms with E-state index in [9.17, 15) is 13.2 Å². The standard InChI is InChI=1S/C10H12BrNO4S/c1-2-5-17(15,16)12-9-4-3-7(11)6-8(9)10(13)14/h3-4,6,12H,2,5H2,1H3,(H,13,14). The summed E-state index contributed by atoms with van der Waals surface area (Å²) in [5, 5.41) is 8.96. The topological polar surface area (TPSA) is 83.5 Å². The molecule has 7 heteroatoms. The number of anilines is 1. The zero-order chi connectivity index (χ0) is 13.1. The van der Waals surface area contributed by atoms with Crippen molar-refractivity contribution in [1.29, 1.82) is 0 Å². The van der Waals surface area contributed by atoms with Crippen LogP contribution in [0.4, 0.5) is 5.69 Å². The highest BCUT2D eigenvalue weighted by Crippen LogP contribution is 2.22. The Hall–Kier alpha value is -1.08. The molecule has 17 heavy (non-hydrogen) atoms. The number of hydrogen-bond donors (Lipinski definition) is 2. The van der Waals surface area contributed by atoms with E-state index in [1.165, 1.54) is 12.1 Å². The first-order valence-corrected chi connectivity index (χ1v) is 7.33. The van der Waals surface area contributed by atoms with Crippen molar-refractivity contribution >= 4 is 37.6 Å². The van der Waals surface area contributed by atoms with Crippen LogP contribution in [-0.2, 0) is 10.0 Å². The summed E-state index contributed by atoms with van der Waals surface area (Å²) in [5.41, 5.74) is -0.00629. The van der Waals surface area contributed by atoms with Gasteiger partial charge < -0.3 is 5.11 Å². The van der Waals surface area contributed by atoms with Gasteiger partial charge in [0.05, 0.1) is 17.0 Å². The molecule has 0 heterocycles. The molecule has 0 fully saturated rings. The molecule has 5 nitrogen and oxygen atoms in total. The SMILES string of the molecule is CCCS(=O)(=O)Nc1ccc(Br)cc1C(=O)O. The lowest BCUT2D eigenvalue weighted by Crippen LogP contribution is -2.18. The Kier molecular flexibility index (Phi) is 4.53. The zero-order valence-corrected chi connectivity index (χ0v) is 11.5. The fourth-order valence-corrected chi connectivity index (χ4v) is 2.78. The molecule has 0 spiro atoms. The average molecular weight is 322 g/mol. The Labute approximate surface area is 108 Å². The summed E-state index contributed by atoms with van der Waals surface area (Å²) < 4.78 is 25.9. The predicted octanol–water partition coefficient (Wildman–Crippen LogP) is 2.30. The van der Waals surface area contributed by atoms with Gasteiger partial charge in [0.1, 0.15) is 0 Å². The predicted molar refractivity (Wildman–Crippen MR) is 68.8 cm³/mol. The molecule has 1 aromatic carbocycles. The first kappa shape index (κ1) is 14.0. The Bertz CT molecular complexity index is 527. The van der Waals surface area contributed by atoms with Gasteiger partial charge in [-0.1, -0.05) is 22.9 Å². The van der Waals surface area contributed by atoms with Gasteiger partial charge in [0, 0.05) is 4.47 Å². The molecule has 0 saturated carbocycles. The van der Waals surface area contributed by atoms with Crippen LogP contribution in [0.15, 0.2) is 22.7 Å². The van der Waals surface area contributed by atoms with Crippen LogP contribution in [0.2, 0.25) is 0 Å². The molecule has 0 amide bonds. The van der Waals surface area contributed by atoms with Crippen LogP contribution in [0.1, 0.15) is 23.7 Å². The molecule has 94 valence electrons. The second kappa shape index (κ2) is 5.50. The van der Waals surface area contributed by atoms with Crippen molar-refractivity contribution in [3.05, 3.63) is 28.2 Å². The summed E-state index contributed by atoms with van der Waals surface area (Å²) in [6, 6.07) is 4.35. The largest absolute Gasteiger partial charge is 0.478 e. The van der Waals surface area contributed by atoms with Crippen molar-refractivity contribution in [2.24, 2.45) is 0 Å².